The molecule has 2 N–H and O–H groups in total. The van der Waals surface area contributed by atoms with Crippen molar-refractivity contribution in [2.45, 2.75) is 26.7 Å². The van der Waals surface area contributed by atoms with Crippen LogP contribution in [-0.4, -0.2) is 33.5 Å². The lowest BCUT2D eigenvalue weighted by Crippen LogP contribution is -2.33. The Kier molecular flexibility index (Phi) is 4.01. The monoisotopic (exact) mass is 277 g/mol. The fourth-order valence-corrected chi connectivity index (χ4v) is 2.64. The SMILES string of the molecule is CC(C)[C@]1(C(=O)O)C[C@H]1C(=O)NCCc1cncnc1. The summed E-state index contributed by atoms with van der Waals surface area (Å²) in [5, 5.41) is 12.1. The lowest BCUT2D eigenvalue weighted by molar-refractivity contribution is -0.147. The third kappa shape index (κ3) is 2.64. The Morgan fingerprint density at radius 3 is 2.60 bits per heavy atom. The zero-order valence-electron chi connectivity index (χ0n) is 11.7. The van der Waals surface area contributed by atoms with Crippen LogP contribution in [0.4, 0.5) is 0 Å². The van der Waals surface area contributed by atoms with Crippen molar-refractivity contribution in [2.24, 2.45) is 17.3 Å². The quantitative estimate of drug-likeness (QED) is 0.805. The van der Waals surface area contributed by atoms with Crippen molar-refractivity contribution in [3.8, 4) is 0 Å². The Labute approximate surface area is 117 Å². The van der Waals surface area contributed by atoms with Crippen LogP contribution in [0.25, 0.3) is 0 Å². The number of hydrogen-bond acceptors (Lipinski definition) is 4. The number of carbonyl (C=O) groups is 2. The third-order valence-electron chi connectivity index (χ3n) is 4.08. The van der Waals surface area contributed by atoms with Crippen LogP contribution in [0.3, 0.4) is 0 Å². The summed E-state index contributed by atoms with van der Waals surface area (Å²) in [6.45, 7) is 4.17. The molecule has 0 aliphatic heterocycles. The summed E-state index contributed by atoms with van der Waals surface area (Å²) >= 11 is 0. The van der Waals surface area contributed by atoms with E-state index in [1.165, 1.54) is 6.33 Å². The Morgan fingerprint density at radius 1 is 1.45 bits per heavy atom. The van der Waals surface area contributed by atoms with Crippen LogP contribution in [0.5, 0.6) is 0 Å². The first-order valence-electron chi connectivity index (χ1n) is 6.73. The molecule has 1 aromatic rings. The predicted molar refractivity (Wildman–Crippen MR) is 71.8 cm³/mol. The highest BCUT2D eigenvalue weighted by atomic mass is 16.4. The molecule has 0 saturated heterocycles. The average Bonchev–Trinajstić information content (AvgIpc) is 3.16. The number of amides is 1. The van der Waals surface area contributed by atoms with E-state index in [9.17, 15) is 14.7 Å². The van der Waals surface area contributed by atoms with Gasteiger partial charge >= 0.3 is 5.97 Å². The lowest BCUT2D eigenvalue weighted by Gasteiger charge is -2.16. The summed E-state index contributed by atoms with van der Waals surface area (Å²) in [6.07, 6.45) is 5.93. The molecule has 1 aliphatic carbocycles. The Morgan fingerprint density at radius 2 is 2.10 bits per heavy atom. The molecular formula is C14H19N3O3. The molecule has 1 fully saturated rings. The largest absolute Gasteiger partial charge is 0.481 e. The van der Waals surface area contributed by atoms with Crippen LogP contribution in [0, 0.1) is 17.3 Å². The van der Waals surface area contributed by atoms with Crippen molar-refractivity contribution in [3.63, 3.8) is 0 Å². The minimum atomic E-state index is -0.875. The Hall–Kier alpha value is -1.98. The molecule has 0 aromatic carbocycles. The van der Waals surface area contributed by atoms with Gasteiger partial charge in [0, 0.05) is 18.9 Å². The summed E-state index contributed by atoms with van der Waals surface area (Å²) in [4.78, 5) is 31.1. The van der Waals surface area contributed by atoms with Crippen LogP contribution in [-0.2, 0) is 16.0 Å². The van der Waals surface area contributed by atoms with Gasteiger partial charge in [0.05, 0.1) is 11.3 Å². The van der Waals surface area contributed by atoms with Crippen molar-refractivity contribution >= 4 is 11.9 Å². The summed E-state index contributed by atoms with van der Waals surface area (Å²) in [5.41, 5.74) is 0.0666. The molecule has 1 saturated carbocycles. The third-order valence-corrected chi connectivity index (χ3v) is 4.08. The Balaban J connectivity index is 1.84. The molecule has 0 bridgehead atoms. The highest BCUT2D eigenvalue weighted by Gasteiger charge is 2.65. The van der Waals surface area contributed by atoms with Crippen molar-refractivity contribution in [1.29, 1.82) is 0 Å². The van der Waals surface area contributed by atoms with Gasteiger partial charge in [0.2, 0.25) is 5.91 Å². The van der Waals surface area contributed by atoms with Gasteiger partial charge in [-0.05, 0) is 24.3 Å². The van der Waals surface area contributed by atoms with Gasteiger partial charge < -0.3 is 10.4 Å². The number of aliphatic carboxylic acids is 1. The van der Waals surface area contributed by atoms with E-state index < -0.39 is 17.3 Å². The van der Waals surface area contributed by atoms with Gasteiger partial charge in [-0.15, -0.1) is 0 Å². The summed E-state index contributed by atoms with van der Waals surface area (Å²) in [7, 11) is 0. The average molecular weight is 277 g/mol. The number of aromatic nitrogens is 2. The maximum absolute atomic E-state index is 12.0. The van der Waals surface area contributed by atoms with Crippen molar-refractivity contribution in [2.75, 3.05) is 6.54 Å². The first-order valence-corrected chi connectivity index (χ1v) is 6.73. The van der Waals surface area contributed by atoms with Gasteiger partial charge in [0.1, 0.15) is 6.33 Å². The van der Waals surface area contributed by atoms with Crippen LogP contribution in [0.1, 0.15) is 25.8 Å². The van der Waals surface area contributed by atoms with E-state index in [1.807, 2.05) is 13.8 Å². The van der Waals surface area contributed by atoms with E-state index in [4.69, 9.17) is 0 Å². The van der Waals surface area contributed by atoms with Gasteiger partial charge in [-0.25, -0.2) is 9.97 Å². The Bertz CT molecular complexity index is 504. The van der Waals surface area contributed by atoms with E-state index in [0.29, 0.717) is 19.4 Å². The summed E-state index contributed by atoms with van der Waals surface area (Å²) in [5.74, 6) is -1.49. The molecule has 0 spiro atoms. The van der Waals surface area contributed by atoms with E-state index in [-0.39, 0.29) is 11.8 Å². The number of carboxylic acid groups (broad SMARTS) is 1. The topological polar surface area (TPSA) is 92.2 Å². The van der Waals surface area contributed by atoms with E-state index in [1.54, 1.807) is 12.4 Å². The van der Waals surface area contributed by atoms with E-state index in [0.717, 1.165) is 5.56 Å². The molecule has 1 aliphatic rings. The smallest absolute Gasteiger partial charge is 0.310 e. The molecule has 6 heteroatoms. The van der Waals surface area contributed by atoms with Gasteiger partial charge in [0.15, 0.2) is 0 Å². The highest BCUT2D eigenvalue weighted by Crippen LogP contribution is 2.58. The standard InChI is InChI=1S/C14H19N3O3/c1-9(2)14(13(19)20)5-11(14)12(18)17-4-3-10-6-15-8-16-7-10/h6-9,11H,3-5H2,1-2H3,(H,17,18)(H,19,20)/t11-,14+/m0/s1. The minimum Gasteiger partial charge on any atom is -0.481 e. The zero-order chi connectivity index (χ0) is 14.8. The summed E-state index contributed by atoms with van der Waals surface area (Å²) in [6, 6.07) is 0. The molecule has 1 heterocycles. The molecule has 2 rings (SSSR count). The van der Waals surface area contributed by atoms with Crippen molar-refractivity contribution < 1.29 is 14.7 Å². The molecule has 0 radical (unpaired) electrons. The first-order chi connectivity index (χ1) is 9.48. The molecule has 1 amide bonds. The molecular weight excluding hydrogens is 258 g/mol. The van der Waals surface area contributed by atoms with Gasteiger partial charge in [0.25, 0.3) is 0 Å². The predicted octanol–water partition coefficient (Wildman–Crippen LogP) is 0.882. The number of carbonyl (C=O) groups excluding carboxylic acids is 1. The normalized spacial score (nSPS) is 24.4. The number of rotatable bonds is 6. The number of nitrogens with one attached hydrogen (secondary N) is 1. The molecule has 0 unspecified atom stereocenters. The number of hydrogen-bond donors (Lipinski definition) is 2. The fraction of sp³-hybridized carbons (Fsp3) is 0.571. The molecule has 108 valence electrons. The van der Waals surface area contributed by atoms with Gasteiger partial charge in [-0.2, -0.15) is 0 Å². The second-order valence-corrected chi connectivity index (χ2v) is 5.54. The van der Waals surface area contributed by atoms with Crippen LogP contribution < -0.4 is 5.32 Å². The van der Waals surface area contributed by atoms with Gasteiger partial charge in [-0.3, -0.25) is 9.59 Å². The van der Waals surface area contributed by atoms with Gasteiger partial charge in [-0.1, -0.05) is 13.8 Å². The first kappa shape index (κ1) is 14.4. The van der Waals surface area contributed by atoms with Crippen LogP contribution >= 0.6 is 0 Å². The maximum Gasteiger partial charge on any atom is 0.310 e. The van der Waals surface area contributed by atoms with Crippen LogP contribution in [0.2, 0.25) is 0 Å². The lowest BCUT2D eigenvalue weighted by atomic mass is 9.89. The molecule has 20 heavy (non-hydrogen) atoms. The van der Waals surface area contributed by atoms with Crippen molar-refractivity contribution in [1.82, 2.24) is 15.3 Å². The fourth-order valence-electron chi connectivity index (χ4n) is 2.64. The van der Waals surface area contributed by atoms with Crippen LogP contribution in [0.15, 0.2) is 18.7 Å². The minimum absolute atomic E-state index is 0.0433. The molecule has 1 aromatic heterocycles. The second kappa shape index (κ2) is 5.56. The zero-order valence-corrected chi connectivity index (χ0v) is 11.7. The number of nitrogens with zero attached hydrogens (tertiary/aromatic N) is 2. The number of carboxylic acids is 1. The molecule has 6 nitrogen and oxygen atoms in total. The van der Waals surface area contributed by atoms with E-state index >= 15 is 0 Å². The molecule has 2 atom stereocenters. The van der Waals surface area contributed by atoms with Crippen molar-refractivity contribution in [3.05, 3.63) is 24.3 Å². The second-order valence-electron chi connectivity index (χ2n) is 5.54. The highest BCUT2D eigenvalue weighted by molar-refractivity contribution is 5.92. The maximum atomic E-state index is 12.0. The summed E-state index contributed by atoms with van der Waals surface area (Å²) < 4.78 is 0. The van der Waals surface area contributed by atoms with E-state index in [2.05, 4.69) is 15.3 Å².